The Morgan fingerprint density at radius 1 is 1.45 bits per heavy atom. The van der Waals surface area contributed by atoms with Gasteiger partial charge in [0.25, 0.3) is 0 Å². The molecule has 1 aliphatic rings. The average Bonchev–Trinajstić information content (AvgIpc) is 3.04. The lowest BCUT2D eigenvalue weighted by atomic mass is 10.2. The highest BCUT2D eigenvalue weighted by atomic mass is 32.1. The first-order chi connectivity index (χ1) is 9.54. The van der Waals surface area contributed by atoms with Gasteiger partial charge in [0.1, 0.15) is 10.6 Å². The summed E-state index contributed by atoms with van der Waals surface area (Å²) in [5.41, 5.74) is 0. The summed E-state index contributed by atoms with van der Waals surface area (Å²) in [5, 5.41) is 1.06. The maximum Gasteiger partial charge on any atom is 0.169 e. The van der Waals surface area contributed by atoms with E-state index < -0.39 is 0 Å². The highest BCUT2D eigenvalue weighted by Crippen LogP contribution is 2.28. The van der Waals surface area contributed by atoms with E-state index in [1.54, 1.807) is 6.92 Å². The number of hydrogen-bond donors (Lipinski definition) is 0. The van der Waals surface area contributed by atoms with E-state index in [-0.39, 0.29) is 5.78 Å². The van der Waals surface area contributed by atoms with Crippen LogP contribution in [0.25, 0.3) is 10.2 Å². The van der Waals surface area contributed by atoms with E-state index in [0.29, 0.717) is 6.04 Å². The Hall–Kier alpha value is -1.46. The average molecular weight is 289 g/mol. The fourth-order valence-corrected chi connectivity index (χ4v) is 3.55. The van der Waals surface area contributed by atoms with E-state index in [4.69, 9.17) is 4.98 Å². The van der Waals surface area contributed by atoms with Crippen LogP contribution < -0.4 is 4.90 Å². The van der Waals surface area contributed by atoms with Gasteiger partial charge in [-0.15, -0.1) is 11.3 Å². The van der Waals surface area contributed by atoms with Crippen molar-refractivity contribution in [2.24, 2.45) is 0 Å². The number of rotatable bonds is 3. The van der Waals surface area contributed by atoms with Gasteiger partial charge in [0, 0.05) is 24.5 Å². The molecule has 0 saturated carbocycles. The minimum atomic E-state index is 0.114. The zero-order chi connectivity index (χ0) is 14.3. The van der Waals surface area contributed by atoms with E-state index in [1.807, 2.05) is 6.07 Å². The molecule has 5 heteroatoms. The first-order valence-corrected chi connectivity index (χ1v) is 7.69. The van der Waals surface area contributed by atoms with Gasteiger partial charge < -0.3 is 9.80 Å². The van der Waals surface area contributed by atoms with Gasteiger partial charge in [-0.25, -0.2) is 4.98 Å². The molecule has 20 heavy (non-hydrogen) atoms. The molecule has 2 aromatic heterocycles. The summed E-state index contributed by atoms with van der Waals surface area (Å²) in [5.74, 6) is 1.14. The van der Waals surface area contributed by atoms with Crippen LogP contribution in [-0.2, 0) is 0 Å². The van der Waals surface area contributed by atoms with Crippen molar-refractivity contribution in [2.75, 3.05) is 32.1 Å². The summed E-state index contributed by atoms with van der Waals surface area (Å²) in [6.07, 6.45) is 1.18. The second kappa shape index (κ2) is 5.14. The fraction of sp³-hybridized carbons (Fsp3) is 0.467. The molecule has 1 fully saturated rings. The minimum absolute atomic E-state index is 0.114. The van der Waals surface area contributed by atoms with E-state index in [9.17, 15) is 4.79 Å². The van der Waals surface area contributed by atoms with Crippen molar-refractivity contribution in [1.29, 1.82) is 0 Å². The van der Waals surface area contributed by atoms with Crippen LogP contribution in [0.3, 0.4) is 0 Å². The number of aromatic nitrogens is 1. The maximum atomic E-state index is 11.4. The topological polar surface area (TPSA) is 36.4 Å². The predicted octanol–water partition coefficient (Wildman–Crippen LogP) is 2.64. The summed E-state index contributed by atoms with van der Waals surface area (Å²) in [4.78, 5) is 22.5. The van der Waals surface area contributed by atoms with Crippen LogP contribution in [0.15, 0.2) is 18.2 Å². The Bertz CT molecular complexity index is 650. The third-order valence-electron chi connectivity index (χ3n) is 3.93. The van der Waals surface area contributed by atoms with Crippen molar-refractivity contribution in [3.05, 3.63) is 23.1 Å². The third-order valence-corrected chi connectivity index (χ3v) is 5.08. The van der Waals surface area contributed by atoms with Gasteiger partial charge in [0.05, 0.1) is 4.88 Å². The van der Waals surface area contributed by atoms with Crippen molar-refractivity contribution < 1.29 is 4.79 Å². The van der Waals surface area contributed by atoms with Gasteiger partial charge in [-0.05, 0) is 45.6 Å². The van der Waals surface area contributed by atoms with Crippen LogP contribution >= 0.6 is 11.3 Å². The molecule has 0 aromatic carbocycles. The SMILES string of the molecule is CC(=O)c1cc2ccc(N3CCC(N(C)C)C3)nc2s1. The molecule has 0 aliphatic carbocycles. The molecular weight excluding hydrogens is 270 g/mol. The number of hydrogen-bond acceptors (Lipinski definition) is 5. The second-order valence-corrected chi connectivity index (χ2v) is 6.61. The number of likely N-dealkylation sites (N-methyl/N-ethyl adjacent to an activating group) is 1. The zero-order valence-corrected chi connectivity index (χ0v) is 12.9. The number of carbonyl (C=O) groups is 1. The Labute approximate surface area is 123 Å². The van der Waals surface area contributed by atoms with Gasteiger partial charge in [0.15, 0.2) is 5.78 Å². The number of thiophene rings is 1. The monoisotopic (exact) mass is 289 g/mol. The molecule has 3 heterocycles. The molecule has 1 unspecified atom stereocenters. The van der Waals surface area contributed by atoms with Crippen molar-refractivity contribution in [3.63, 3.8) is 0 Å². The summed E-state index contributed by atoms with van der Waals surface area (Å²) in [7, 11) is 4.26. The zero-order valence-electron chi connectivity index (χ0n) is 12.1. The van der Waals surface area contributed by atoms with Crippen LogP contribution in [0.1, 0.15) is 23.0 Å². The molecule has 1 aliphatic heterocycles. The first-order valence-electron chi connectivity index (χ1n) is 6.87. The normalized spacial score (nSPS) is 19.2. The molecule has 0 bridgehead atoms. The van der Waals surface area contributed by atoms with Crippen molar-refractivity contribution in [2.45, 2.75) is 19.4 Å². The van der Waals surface area contributed by atoms with Gasteiger partial charge in [-0.1, -0.05) is 0 Å². The second-order valence-electron chi connectivity index (χ2n) is 5.58. The number of pyridine rings is 1. The number of ketones is 1. The molecule has 3 rings (SSSR count). The largest absolute Gasteiger partial charge is 0.355 e. The van der Waals surface area contributed by atoms with E-state index in [0.717, 1.165) is 34.0 Å². The minimum Gasteiger partial charge on any atom is -0.355 e. The lowest BCUT2D eigenvalue weighted by Gasteiger charge is -2.21. The van der Waals surface area contributed by atoms with Crippen molar-refractivity contribution in [1.82, 2.24) is 9.88 Å². The Morgan fingerprint density at radius 2 is 2.25 bits per heavy atom. The predicted molar refractivity (Wildman–Crippen MR) is 83.9 cm³/mol. The molecule has 0 radical (unpaired) electrons. The van der Waals surface area contributed by atoms with Gasteiger partial charge in [-0.3, -0.25) is 4.79 Å². The number of Topliss-reactive ketones (excluding diaryl/α,β-unsaturated/α-hetero) is 1. The molecule has 1 saturated heterocycles. The maximum absolute atomic E-state index is 11.4. The smallest absolute Gasteiger partial charge is 0.169 e. The molecular formula is C15H19N3OS. The summed E-state index contributed by atoms with van der Waals surface area (Å²) in [6.45, 7) is 3.68. The Morgan fingerprint density at radius 3 is 2.90 bits per heavy atom. The summed E-state index contributed by atoms with van der Waals surface area (Å²) >= 11 is 1.49. The van der Waals surface area contributed by atoms with Gasteiger partial charge >= 0.3 is 0 Å². The van der Waals surface area contributed by atoms with Crippen LogP contribution in [0.5, 0.6) is 0 Å². The summed E-state index contributed by atoms with van der Waals surface area (Å²) in [6, 6.07) is 6.68. The lowest BCUT2D eigenvalue weighted by molar-refractivity contribution is 0.102. The molecule has 0 spiro atoms. The van der Waals surface area contributed by atoms with Crippen molar-refractivity contribution >= 4 is 33.2 Å². The molecule has 0 N–H and O–H groups in total. The van der Waals surface area contributed by atoms with E-state index in [2.05, 4.69) is 36.0 Å². The van der Waals surface area contributed by atoms with Crippen molar-refractivity contribution in [3.8, 4) is 0 Å². The number of carbonyl (C=O) groups excluding carboxylic acids is 1. The number of nitrogens with zero attached hydrogens (tertiary/aromatic N) is 3. The van der Waals surface area contributed by atoms with Gasteiger partial charge in [0.2, 0.25) is 0 Å². The highest BCUT2D eigenvalue weighted by Gasteiger charge is 2.25. The lowest BCUT2D eigenvalue weighted by Crippen LogP contribution is -2.31. The van der Waals surface area contributed by atoms with E-state index >= 15 is 0 Å². The van der Waals surface area contributed by atoms with Crippen LogP contribution in [0.2, 0.25) is 0 Å². The first kappa shape index (κ1) is 13.5. The molecule has 2 aromatic rings. The molecule has 0 amide bonds. The third kappa shape index (κ3) is 2.43. The Kier molecular flexibility index (Phi) is 3.48. The van der Waals surface area contributed by atoms with Crippen LogP contribution in [0, 0.1) is 0 Å². The van der Waals surface area contributed by atoms with E-state index in [1.165, 1.54) is 17.8 Å². The van der Waals surface area contributed by atoms with Crippen LogP contribution in [0.4, 0.5) is 5.82 Å². The molecule has 4 nitrogen and oxygen atoms in total. The Balaban J connectivity index is 1.88. The standard InChI is InChI=1S/C15H19N3OS/c1-10(19)13-8-11-4-5-14(16-15(11)20-13)18-7-6-12(9-18)17(2)3/h4-5,8,12H,6-7,9H2,1-3H3. The fourth-order valence-electron chi connectivity index (χ4n) is 2.63. The van der Waals surface area contributed by atoms with Crippen LogP contribution in [-0.4, -0.2) is 48.9 Å². The number of anilines is 1. The molecule has 1 atom stereocenters. The quantitative estimate of drug-likeness (QED) is 0.814. The number of fused-ring (bicyclic) bond motifs is 1. The summed E-state index contributed by atoms with van der Waals surface area (Å²) < 4.78 is 0. The highest BCUT2D eigenvalue weighted by molar-refractivity contribution is 7.20. The molecule has 106 valence electrons. The van der Waals surface area contributed by atoms with Gasteiger partial charge in [-0.2, -0.15) is 0 Å².